The van der Waals surface area contributed by atoms with Crippen LogP contribution >= 0.6 is 0 Å². The quantitative estimate of drug-likeness (QED) is 0.316. The highest BCUT2D eigenvalue weighted by molar-refractivity contribution is 5.84. The van der Waals surface area contributed by atoms with Crippen LogP contribution in [0.3, 0.4) is 0 Å². The highest BCUT2D eigenvalue weighted by Crippen LogP contribution is 2.36. The smallest absolute Gasteiger partial charge is 0.306 e. The maximum Gasteiger partial charge on any atom is 0.306 e. The molecule has 4 heterocycles. The molecule has 0 fully saturated rings. The van der Waals surface area contributed by atoms with Crippen LogP contribution in [0.15, 0.2) is 56.5 Å². The summed E-state index contributed by atoms with van der Waals surface area (Å²) in [4.78, 5) is 41.4. The number of fused-ring (bicyclic) bond motifs is 1. The average Bonchev–Trinajstić information content (AvgIpc) is 3.44. The molecule has 10 nitrogen and oxygen atoms in total. The number of hydrogen-bond donors (Lipinski definition) is 1. The van der Waals surface area contributed by atoms with Crippen molar-refractivity contribution in [1.82, 2.24) is 9.47 Å². The summed E-state index contributed by atoms with van der Waals surface area (Å²) in [7, 11) is 4.45. The molecule has 0 saturated heterocycles. The Labute approximate surface area is 241 Å². The van der Waals surface area contributed by atoms with Crippen LogP contribution in [0.5, 0.6) is 17.2 Å². The monoisotopic (exact) mass is 572 g/mol. The van der Waals surface area contributed by atoms with Gasteiger partial charge < -0.3 is 28.3 Å². The van der Waals surface area contributed by atoms with Crippen molar-refractivity contribution in [2.24, 2.45) is 0 Å². The Morgan fingerprint density at radius 3 is 2.45 bits per heavy atom. The third kappa shape index (κ3) is 4.81. The number of pyridine rings is 1. The van der Waals surface area contributed by atoms with Crippen LogP contribution in [-0.2, 0) is 42.0 Å². The molecular weight excluding hydrogens is 540 g/mol. The molecule has 2 aromatic carbocycles. The fraction of sp³-hybridized carbons (Fsp3) is 0.344. The number of carbonyl (C=O) groups excluding carboxylic acids is 1. The molecule has 0 bridgehead atoms. The zero-order chi connectivity index (χ0) is 29.5. The summed E-state index contributed by atoms with van der Waals surface area (Å²) in [5, 5.41) is 11.8. The molecule has 0 saturated carbocycles. The van der Waals surface area contributed by atoms with Gasteiger partial charge in [-0.2, -0.15) is 0 Å². The molecule has 42 heavy (non-hydrogen) atoms. The Morgan fingerprint density at radius 2 is 1.71 bits per heavy atom. The van der Waals surface area contributed by atoms with Crippen molar-refractivity contribution in [3.63, 3.8) is 0 Å². The lowest BCUT2D eigenvalue weighted by atomic mass is 9.92. The second-order valence-corrected chi connectivity index (χ2v) is 10.7. The van der Waals surface area contributed by atoms with Crippen molar-refractivity contribution in [3.8, 4) is 17.2 Å². The van der Waals surface area contributed by atoms with Gasteiger partial charge in [0.25, 0.3) is 5.56 Å². The number of aryl methyl sites for hydroxylation is 2. The number of methoxy groups -OCH3 is 3. The Balaban J connectivity index is 1.38. The first-order chi connectivity index (χ1) is 20.3. The molecule has 6 rings (SSSR count). The Kier molecular flexibility index (Phi) is 7.24. The van der Waals surface area contributed by atoms with E-state index in [9.17, 15) is 19.5 Å². The standard InChI is InChI=1S/C32H32N2O8/c1-39-26-12-19-7-9-33(16-21(19)13-27(26)40-2)17-22-14-25(35)30(37)31(42-22)23(15-28(36)41-3)24-11-20-6-4-5-18-8-10-34(29(18)20)32(24)38/h4-6,11-14,23,37H,7-10,15-17H2,1-3H3. The molecule has 0 aliphatic carbocycles. The van der Waals surface area contributed by atoms with Gasteiger partial charge in [0.2, 0.25) is 11.2 Å². The molecule has 2 aliphatic rings. The molecule has 0 radical (unpaired) electrons. The lowest BCUT2D eigenvalue weighted by Crippen LogP contribution is -2.30. The van der Waals surface area contributed by atoms with Crippen molar-refractivity contribution in [3.05, 3.63) is 96.8 Å². The zero-order valence-corrected chi connectivity index (χ0v) is 23.8. The van der Waals surface area contributed by atoms with E-state index in [1.165, 1.54) is 13.2 Å². The van der Waals surface area contributed by atoms with Gasteiger partial charge in [0.15, 0.2) is 17.3 Å². The second kappa shape index (κ2) is 11.0. The molecule has 0 spiro atoms. The van der Waals surface area contributed by atoms with E-state index in [1.54, 1.807) is 24.9 Å². The number of ether oxygens (including phenoxy) is 3. The summed E-state index contributed by atoms with van der Waals surface area (Å²) >= 11 is 0. The van der Waals surface area contributed by atoms with E-state index in [0.29, 0.717) is 36.9 Å². The van der Waals surface area contributed by atoms with E-state index in [-0.39, 0.29) is 29.8 Å². The number of aromatic nitrogens is 1. The third-order valence-corrected chi connectivity index (χ3v) is 8.30. The molecule has 0 amide bonds. The average molecular weight is 573 g/mol. The molecule has 2 aliphatic heterocycles. The van der Waals surface area contributed by atoms with Gasteiger partial charge in [0, 0.05) is 31.3 Å². The third-order valence-electron chi connectivity index (χ3n) is 8.30. The van der Waals surface area contributed by atoms with Gasteiger partial charge >= 0.3 is 5.97 Å². The van der Waals surface area contributed by atoms with E-state index in [0.717, 1.165) is 40.4 Å². The van der Waals surface area contributed by atoms with Crippen LogP contribution < -0.4 is 20.5 Å². The Hall–Kier alpha value is -4.57. The zero-order valence-electron chi connectivity index (χ0n) is 23.8. The predicted octanol–water partition coefficient (Wildman–Crippen LogP) is 3.49. The molecule has 10 heteroatoms. The largest absolute Gasteiger partial charge is 0.502 e. The van der Waals surface area contributed by atoms with Gasteiger partial charge in [0.05, 0.1) is 45.7 Å². The molecule has 1 unspecified atom stereocenters. The number of nitrogens with zero attached hydrogens (tertiary/aromatic N) is 2. The van der Waals surface area contributed by atoms with Gasteiger partial charge in [0.1, 0.15) is 5.76 Å². The number of hydrogen-bond acceptors (Lipinski definition) is 9. The highest BCUT2D eigenvalue weighted by atomic mass is 16.5. The fourth-order valence-corrected chi connectivity index (χ4v) is 6.20. The van der Waals surface area contributed by atoms with E-state index in [2.05, 4.69) is 4.90 Å². The number of benzene rings is 2. The first-order valence-electron chi connectivity index (χ1n) is 13.9. The maximum absolute atomic E-state index is 13.7. The molecule has 2 aromatic heterocycles. The minimum absolute atomic E-state index is 0.120. The van der Waals surface area contributed by atoms with E-state index >= 15 is 0 Å². The number of para-hydroxylation sites is 1. The first kappa shape index (κ1) is 27.6. The summed E-state index contributed by atoms with van der Waals surface area (Å²) < 4.78 is 23.7. The summed E-state index contributed by atoms with van der Waals surface area (Å²) in [5.41, 5.74) is 3.51. The van der Waals surface area contributed by atoms with Crippen LogP contribution in [0.25, 0.3) is 10.9 Å². The Morgan fingerprint density at radius 1 is 0.976 bits per heavy atom. The molecular formula is C32H32N2O8. The van der Waals surface area contributed by atoms with Crippen molar-refractivity contribution in [1.29, 1.82) is 0 Å². The van der Waals surface area contributed by atoms with Gasteiger partial charge in [-0.3, -0.25) is 19.3 Å². The van der Waals surface area contributed by atoms with Crippen LogP contribution in [0, 0.1) is 0 Å². The topological polar surface area (TPSA) is 120 Å². The normalized spacial score (nSPS) is 14.9. The van der Waals surface area contributed by atoms with Crippen molar-refractivity contribution in [2.45, 2.75) is 44.8 Å². The van der Waals surface area contributed by atoms with Crippen LogP contribution in [0.1, 0.15) is 46.1 Å². The summed E-state index contributed by atoms with van der Waals surface area (Å²) in [6, 6.07) is 12.8. The maximum atomic E-state index is 13.7. The van der Waals surface area contributed by atoms with E-state index in [4.69, 9.17) is 18.6 Å². The Bertz CT molecular complexity index is 1820. The summed E-state index contributed by atoms with van der Waals surface area (Å²) in [5.74, 6) is -0.727. The molecule has 4 aromatic rings. The molecule has 218 valence electrons. The number of esters is 1. The van der Waals surface area contributed by atoms with Gasteiger partial charge in [-0.15, -0.1) is 0 Å². The number of aromatic hydroxyl groups is 1. The van der Waals surface area contributed by atoms with Crippen LogP contribution in [0.4, 0.5) is 0 Å². The van der Waals surface area contributed by atoms with E-state index < -0.39 is 23.1 Å². The van der Waals surface area contributed by atoms with Gasteiger partial charge in [-0.1, -0.05) is 18.2 Å². The molecule has 1 atom stereocenters. The lowest BCUT2D eigenvalue weighted by Gasteiger charge is -2.29. The number of carbonyl (C=O) groups is 1. The summed E-state index contributed by atoms with van der Waals surface area (Å²) in [6.07, 6.45) is 1.20. The van der Waals surface area contributed by atoms with Gasteiger partial charge in [-0.25, -0.2) is 0 Å². The lowest BCUT2D eigenvalue weighted by molar-refractivity contribution is -0.140. The van der Waals surface area contributed by atoms with Crippen molar-refractivity contribution in [2.75, 3.05) is 27.9 Å². The van der Waals surface area contributed by atoms with Gasteiger partial charge in [-0.05, 0) is 53.1 Å². The van der Waals surface area contributed by atoms with E-state index in [1.807, 2.05) is 30.3 Å². The first-order valence-corrected chi connectivity index (χ1v) is 13.9. The van der Waals surface area contributed by atoms with Crippen LogP contribution in [-0.4, -0.2) is 48.4 Å². The van der Waals surface area contributed by atoms with Crippen molar-refractivity contribution >= 4 is 16.9 Å². The predicted molar refractivity (Wildman–Crippen MR) is 154 cm³/mol. The summed E-state index contributed by atoms with van der Waals surface area (Å²) in [6.45, 7) is 2.08. The number of rotatable bonds is 8. The van der Waals surface area contributed by atoms with Crippen molar-refractivity contribution < 1.29 is 28.5 Å². The minimum atomic E-state index is -1.02. The SMILES string of the molecule is COC(=O)CC(c1oc(CN2CCc3cc(OC)c(OC)cc3C2)cc(=O)c1O)c1cc2cccc3c2n(c1=O)CC3. The fourth-order valence-electron chi connectivity index (χ4n) is 6.20. The highest BCUT2D eigenvalue weighted by Gasteiger charge is 2.31. The minimum Gasteiger partial charge on any atom is -0.502 e. The molecule has 1 N–H and O–H groups in total. The van der Waals surface area contributed by atoms with Crippen LogP contribution in [0.2, 0.25) is 0 Å². The second-order valence-electron chi connectivity index (χ2n) is 10.7.